The first kappa shape index (κ1) is 25.7. The van der Waals surface area contributed by atoms with Crippen LogP contribution in [0.3, 0.4) is 0 Å². The Labute approximate surface area is 220 Å². The molecule has 2 fully saturated rings. The first-order valence-electron chi connectivity index (χ1n) is 13.6. The minimum absolute atomic E-state index is 0.109. The molecule has 2 atom stereocenters. The molecule has 0 unspecified atom stereocenters. The Morgan fingerprint density at radius 2 is 1.73 bits per heavy atom. The third-order valence-corrected chi connectivity index (χ3v) is 7.98. The maximum Gasteiger partial charge on any atom is 0.220 e. The number of amides is 1. The number of hydrogen-bond donors (Lipinski definition) is 1. The van der Waals surface area contributed by atoms with Gasteiger partial charge in [-0.3, -0.25) is 14.6 Å². The van der Waals surface area contributed by atoms with Crippen molar-refractivity contribution >= 4 is 16.7 Å². The van der Waals surface area contributed by atoms with Crippen LogP contribution in [0, 0.1) is 5.92 Å². The van der Waals surface area contributed by atoms with Crippen LogP contribution < -0.4 is 10.1 Å². The average Bonchev–Trinajstić information content (AvgIpc) is 2.96. The lowest BCUT2D eigenvalue weighted by Gasteiger charge is -2.45. The summed E-state index contributed by atoms with van der Waals surface area (Å²) in [7, 11) is 1.67. The van der Waals surface area contributed by atoms with Crippen molar-refractivity contribution in [3.05, 3.63) is 77.9 Å². The summed E-state index contributed by atoms with van der Waals surface area (Å²) in [5.74, 6) is 1.38. The summed E-state index contributed by atoms with van der Waals surface area (Å²) in [6.45, 7) is 7.15. The van der Waals surface area contributed by atoms with E-state index in [1.807, 2.05) is 24.3 Å². The van der Waals surface area contributed by atoms with Gasteiger partial charge in [0.15, 0.2) is 0 Å². The van der Waals surface area contributed by atoms with Crippen LogP contribution in [-0.2, 0) is 22.6 Å². The monoisotopic (exact) mass is 501 g/mol. The molecule has 2 aliphatic rings. The van der Waals surface area contributed by atoms with Crippen molar-refractivity contribution in [2.45, 2.75) is 38.4 Å². The first-order chi connectivity index (χ1) is 18.2. The number of likely N-dealkylation sites (tertiary alicyclic amines) is 1. The van der Waals surface area contributed by atoms with Crippen molar-refractivity contribution in [2.24, 2.45) is 5.92 Å². The van der Waals surface area contributed by atoms with Crippen molar-refractivity contribution in [1.29, 1.82) is 0 Å². The largest absolute Gasteiger partial charge is 0.496 e. The van der Waals surface area contributed by atoms with Crippen LogP contribution in [0.5, 0.6) is 5.75 Å². The minimum atomic E-state index is 0.109. The highest BCUT2D eigenvalue weighted by Crippen LogP contribution is 2.29. The summed E-state index contributed by atoms with van der Waals surface area (Å²) < 4.78 is 11.1. The number of para-hydroxylation sites is 1. The molecule has 2 saturated heterocycles. The second kappa shape index (κ2) is 12.5. The van der Waals surface area contributed by atoms with Crippen molar-refractivity contribution in [2.75, 3.05) is 46.5 Å². The highest BCUT2D eigenvalue weighted by atomic mass is 16.5. The van der Waals surface area contributed by atoms with E-state index >= 15 is 0 Å². The number of nitrogens with zero attached hydrogens (tertiary/aromatic N) is 2. The van der Waals surface area contributed by atoms with Gasteiger partial charge in [0.1, 0.15) is 5.75 Å². The Morgan fingerprint density at radius 3 is 2.59 bits per heavy atom. The van der Waals surface area contributed by atoms with Crippen molar-refractivity contribution in [3.8, 4) is 5.75 Å². The van der Waals surface area contributed by atoms with E-state index in [2.05, 4.69) is 57.6 Å². The number of rotatable bonds is 9. The number of carbonyl (C=O) groups excluding carboxylic acids is 1. The summed E-state index contributed by atoms with van der Waals surface area (Å²) in [4.78, 5) is 18.1. The molecule has 1 amide bonds. The average molecular weight is 502 g/mol. The summed E-state index contributed by atoms with van der Waals surface area (Å²) in [6.07, 6.45) is 2.58. The molecule has 37 heavy (non-hydrogen) atoms. The van der Waals surface area contributed by atoms with Crippen LogP contribution in [0.2, 0.25) is 0 Å². The van der Waals surface area contributed by atoms with E-state index in [-0.39, 0.29) is 5.91 Å². The third-order valence-electron chi connectivity index (χ3n) is 7.98. The van der Waals surface area contributed by atoms with Gasteiger partial charge in [0.25, 0.3) is 0 Å². The molecule has 6 nitrogen and oxygen atoms in total. The lowest BCUT2D eigenvalue weighted by molar-refractivity contribution is -0.121. The second-order valence-corrected chi connectivity index (χ2v) is 10.3. The van der Waals surface area contributed by atoms with Gasteiger partial charge in [-0.1, -0.05) is 60.7 Å². The van der Waals surface area contributed by atoms with Crippen molar-refractivity contribution in [3.63, 3.8) is 0 Å². The SMILES string of the molecule is COc1ccccc1CNC(=O)CC[C@@H]1CN(Cc2cccc3ccccc23)CC[C@@H]1N1CCOCC1. The standard InChI is InChI=1S/C31H39N3O3/c1-36-30-12-5-3-8-25(30)21-32-31(35)14-13-27-23-33(16-15-29(27)34-17-19-37-20-18-34)22-26-10-6-9-24-7-2-4-11-28(24)26/h2-12,27,29H,13-23H2,1H3,(H,32,35)/t27-,29+/m1/s1. The number of fused-ring (bicyclic) bond motifs is 1. The molecule has 2 aliphatic heterocycles. The van der Waals surface area contributed by atoms with Gasteiger partial charge >= 0.3 is 0 Å². The molecule has 3 aromatic rings. The molecule has 0 aliphatic carbocycles. The summed E-state index contributed by atoms with van der Waals surface area (Å²) in [5, 5.41) is 5.75. The lowest BCUT2D eigenvalue weighted by Crippen LogP contribution is -2.54. The van der Waals surface area contributed by atoms with Crippen LogP contribution in [0.1, 0.15) is 30.4 Å². The van der Waals surface area contributed by atoms with Crippen LogP contribution in [0.25, 0.3) is 10.8 Å². The van der Waals surface area contributed by atoms with Crippen LogP contribution >= 0.6 is 0 Å². The zero-order valence-electron chi connectivity index (χ0n) is 21.9. The highest BCUT2D eigenvalue weighted by molar-refractivity contribution is 5.85. The van der Waals surface area contributed by atoms with Gasteiger partial charge in [-0.2, -0.15) is 0 Å². The molecule has 196 valence electrons. The van der Waals surface area contributed by atoms with Gasteiger partial charge < -0.3 is 14.8 Å². The van der Waals surface area contributed by atoms with Gasteiger partial charge in [0.05, 0.1) is 20.3 Å². The van der Waals surface area contributed by atoms with E-state index in [1.54, 1.807) is 7.11 Å². The molecule has 0 spiro atoms. The number of piperidine rings is 1. The number of nitrogens with one attached hydrogen (secondary N) is 1. The van der Waals surface area contributed by atoms with Crippen molar-refractivity contribution < 1.29 is 14.3 Å². The predicted molar refractivity (Wildman–Crippen MR) is 148 cm³/mol. The molecule has 5 rings (SSSR count). The van der Waals surface area contributed by atoms with E-state index in [9.17, 15) is 4.79 Å². The van der Waals surface area contributed by atoms with Crippen LogP contribution in [0.15, 0.2) is 66.7 Å². The predicted octanol–water partition coefficient (Wildman–Crippen LogP) is 4.47. The van der Waals surface area contributed by atoms with Gasteiger partial charge in [-0.15, -0.1) is 0 Å². The van der Waals surface area contributed by atoms with E-state index in [0.717, 1.165) is 70.1 Å². The van der Waals surface area contributed by atoms with E-state index in [4.69, 9.17) is 9.47 Å². The number of methoxy groups -OCH3 is 1. The second-order valence-electron chi connectivity index (χ2n) is 10.3. The number of morpholine rings is 1. The van der Waals surface area contributed by atoms with Gasteiger partial charge in [0, 0.05) is 50.7 Å². The maximum absolute atomic E-state index is 12.9. The molecule has 6 heteroatoms. The van der Waals surface area contributed by atoms with Crippen LogP contribution in [-0.4, -0.2) is 68.3 Å². The smallest absolute Gasteiger partial charge is 0.220 e. The fourth-order valence-corrected chi connectivity index (χ4v) is 6.03. The summed E-state index contributed by atoms with van der Waals surface area (Å²) in [5.41, 5.74) is 2.39. The summed E-state index contributed by atoms with van der Waals surface area (Å²) >= 11 is 0. The van der Waals surface area contributed by atoms with Crippen molar-refractivity contribution in [1.82, 2.24) is 15.1 Å². The molecule has 2 heterocycles. The molecule has 0 radical (unpaired) electrons. The highest BCUT2D eigenvalue weighted by Gasteiger charge is 2.34. The van der Waals surface area contributed by atoms with E-state index in [0.29, 0.717) is 24.9 Å². The summed E-state index contributed by atoms with van der Waals surface area (Å²) in [6, 6.07) is 23.6. The molecule has 1 N–H and O–H groups in total. The lowest BCUT2D eigenvalue weighted by atomic mass is 9.86. The number of ether oxygens (including phenoxy) is 2. The Balaban J connectivity index is 1.23. The van der Waals surface area contributed by atoms with Gasteiger partial charge in [0.2, 0.25) is 5.91 Å². The zero-order chi connectivity index (χ0) is 25.5. The zero-order valence-corrected chi connectivity index (χ0v) is 21.9. The first-order valence-corrected chi connectivity index (χ1v) is 13.6. The fraction of sp³-hybridized carbons (Fsp3) is 0.452. The van der Waals surface area contributed by atoms with Crippen LogP contribution in [0.4, 0.5) is 0 Å². The molecule has 3 aromatic carbocycles. The minimum Gasteiger partial charge on any atom is -0.496 e. The number of benzene rings is 3. The molecule has 0 saturated carbocycles. The maximum atomic E-state index is 12.9. The Hall–Kier alpha value is -2.93. The van der Waals surface area contributed by atoms with Gasteiger partial charge in [-0.25, -0.2) is 0 Å². The molecular weight excluding hydrogens is 462 g/mol. The van der Waals surface area contributed by atoms with Gasteiger partial charge in [-0.05, 0) is 47.7 Å². The number of hydrogen-bond acceptors (Lipinski definition) is 5. The Bertz CT molecular complexity index is 1170. The van der Waals surface area contributed by atoms with E-state index in [1.165, 1.54) is 16.3 Å². The topological polar surface area (TPSA) is 54.0 Å². The fourth-order valence-electron chi connectivity index (χ4n) is 6.03. The quantitative estimate of drug-likeness (QED) is 0.469. The third kappa shape index (κ3) is 6.50. The van der Waals surface area contributed by atoms with E-state index < -0.39 is 0 Å². The Kier molecular flexibility index (Phi) is 8.72. The molecular formula is C31H39N3O3. The molecule has 0 bridgehead atoms. The molecule has 0 aromatic heterocycles. The Morgan fingerprint density at radius 1 is 0.973 bits per heavy atom. The number of carbonyl (C=O) groups is 1. The normalized spacial score (nSPS) is 21.1.